The highest BCUT2D eigenvalue weighted by Crippen LogP contribution is 2.87. The van der Waals surface area contributed by atoms with Gasteiger partial charge in [0.15, 0.2) is 6.29 Å². The molecule has 13 atom stereocenters. The Morgan fingerprint density at radius 3 is 2.58 bits per heavy atom. The summed E-state index contributed by atoms with van der Waals surface area (Å²) in [6, 6.07) is -0.0442. The summed E-state index contributed by atoms with van der Waals surface area (Å²) in [5.41, 5.74) is 0.216. The number of hydrogen-bond acceptors (Lipinski definition) is 7. The van der Waals surface area contributed by atoms with Gasteiger partial charge < -0.3 is 29.7 Å². The Labute approximate surface area is 270 Å². The van der Waals surface area contributed by atoms with Crippen LogP contribution >= 0.6 is 0 Å². The van der Waals surface area contributed by atoms with E-state index < -0.39 is 11.7 Å². The van der Waals surface area contributed by atoms with E-state index >= 15 is 0 Å². The molecule has 3 aliphatic heterocycles. The van der Waals surface area contributed by atoms with Gasteiger partial charge in [0.2, 0.25) is 5.91 Å². The van der Waals surface area contributed by atoms with Crippen molar-refractivity contribution >= 4 is 5.91 Å². The lowest BCUT2D eigenvalue weighted by molar-refractivity contribution is -0.247. The lowest BCUT2D eigenvalue weighted by atomic mass is 9.46. The van der Waals surface area contributed by atoms with Crippen LogP contribution in [0, 0.1) is 45.3 Å². The number of nitrogens with zero attached hydrogens (tertiary/aromatic N) is 1. The molecule has 3 heterocycles. The van der Waals surface area contributed by atoms with Crippen molar-refractivity contribution in [3.63, 3.8) is 0 Å². The normalized spacial score (nSPS) is 51.5. The number of carbonyl (C=O) groups excluding carboxylic acids is 1. The van der Waals surface area contributed by atoms with E-state index in [-0.39, 0.29) is 42.0 Å². The monoisotopic (exact) mass is 628 g/mol. The molecule has 0 radical (unpaired) electrons. The number of morpholine rings is 1. The number of nitrogens with one attached hydrogen (secondary N) is 1. The van der Waals surface area contributed by atoms with Crippen LogP contribution in [0.15, 0.2) is 0 Å². The van der Waals surface area contributed by atoms with E-state index in [4.69, 9.17) is 14.2 Å². The minimum absolute atomic E-state index is 0.0442. The maximum absolute atomic E-state index is 12.6. The summed E-state index contributed by atoms with van der Waals surface area (Å²) >= 11 is 0. The molecule has 5 saturated carbocycles. The Balaban J connectivity index is 0.955. The molecular formula is C37H60N2O6. The summed E-state index contributed by atoms with van der Waals surface area (Å²) in [5.74, 6) is 2.91. The van der Waals surface area contributed by atoms with Crippen molar-refractivity contribution < 1.29 is 29.2 Å². The zero-order valence-corrected chi connectivity index (χ0v) is 28.6. The van der Waals surface area contributed by atoms with Gasteiger partial charge in [-0.15, -0.1) is 0 Å². The smallest absolute Gasteiger partial charge is 0.237 e. The quantitative estimate of drug-likeness (QED) is 0.408. The second-order valence-electron chi connectivity index (χ2n) is 18.3. The van der Waals surface area contributed by atoms with Crippen molar-refractivity contribution in [3.05, 3.63) is 0 Å². The third-order valence-corrected chi connectivity index (χ3v) is 15.7. The number of fused-ring (bicyclic) bond motifs is 4. The van der Waals surface area contributed by atoms with Crippen molar-refractivity contribution in [1.82, 2.24) is 10.2 Å². The highest BCUT2D eigenvalue weighted by Gasteiger charge is 2.80. The van der Waals surface area contributed by atoms with Gasteiger partial charge in [-0.25, -0.2) is 0 Å². The number of ether oxygens (including phenoxy) is 3. The minimum Gasteiger partial charge on any atom is -0.388 e. The summed E-state index contributed by atoms with van der Waals surface area (Å²) < 4.78 is 19.8. The number of carbonyl (C=O) groups is 1. The van der Waals surface area contributed by atoms with Gasteiger partial charge in [0.1, 0.15) is 6.10 Å². The first-order valence-electron chi connectivity index (χ1n) is 18.6. The van der Waals surface area contributed by atoms with Gasteiger partial charge in [-0.05, 0) is 136 Å². The highest BCUT2D eigenvalue weighted by molar-refractivity contribution is 5.82. The van der Waals surface area contributed by atoms with Gasteiger partial charge >= 0.3 is 0 Å². The molecule has 8 rings (SSSR count). The van der Waals surface area contributed by atoms with Gasteiger partial charge in [-0.2, -0.15) is 0 Å². The average Bonchev–Trinajstić information content (AvgIpc) is 3.58. The lowest BCUT2D eigenvalue weighted by Gasteiger charge is -2.60. The molecule has 0 bridgehead atoms. The van der Waals surface area contributed by atoms with Gasteiger partial charge in [0, 0.05) is 13.1 Å². The zero-order chi connectivity index (χ0) is 31.6. The van der Waals surface area contributed by atoms with Crippen LogP contribution in [0.4, 0.5) is 0 Å². The summed E-state index contributed by atoms with van der Waals surface area (Å²) in [6.45, 7) is 13.9. The second kappa shape index (κ2) is 10.6. The van der Waals surface area contributed by atoms with Crippen LogP contribution in [0.25, 0.3) is 0 Å². The standard InChI is InChI=1S/C37H60N2O6/c1-33(2)28-11-9-22-24-19-27-23(8-10-26(44-27)31(40)34(3,4)42)35(24,5)14-15-36(22)21-37(28,36)13-12-29(33)45-30-20-39(17-18-43-30)25-7-6-16-38-32(25)41/h22-31,40,42H,6-21H2,1-5H3,(H,38,41)/t22?,23?,24?,25-,26?,27?,28?,29-,30?,31-,35?,36-,37?/m0/s1. The molecule has 3 saturated heterocycles. The predicted octanol–water partition coefficient (Wildman–Crippen LogP) is 4.65. The van der Waals surface area contributed by atoms with Crippen molar-refractivity contribution in [1.29, 1.82) is 0 Å². The molecule has 8 nitrogen and oxygen atoms in total. The van der Waals surface area contributed by atoms with E-state index in [2.05, 4.69) is 31.0 Å². The summed E-state index contributed by atoms with van der Waals surface area (Å²) in [7, 11) is 0. The second-order valence-corrected chi connectivity index (χ2v) is 18.3. The molecule has 3 N–H and O–H groups in total. The van der Waals surface area contributed by atoms with Crippen molar-refractivity contribution in [2.45, 2.75) is 154 Å². The van der Waals surface area contributed by atoms with Crippen LogP contribution in [0.2, 0.25) is 0 Å². The average molecular weight is 629 g/mol. The van der Waals surface area contributed by atoms with Crippen molar-refractivity contribution in [3.8, 4) is 0 Å². The first-order chi connectivity index (χ1) is 21.3. The molecule has 8 fully saturated rings. The molecule has 45 heavy (non-hydrogen) atoms. The lowest BCUT2D eigenvalue weighted by Crippen LogP contribution is -2.58. The number of aliphatic hydroxyl groups excluding tert-OH is 1. The summed E-state index contributed by atoms with van der Waals surface area (Å²) in [5, 5.41) is 24.4. The Kier molecular flexibility index (Phi) is 7.43. The first-order valence-corrected chi connectivity index (χ1v) is 18.6. The maximum atomic E-state index is 12.6. The molecule has 1 amide bonds. The Morgan fingerprint density at radius 2 is 1.80 bits per heavy atom. The molecule has 2 spiro atoms. The molecule has 254 valence electrons. The van der Waals surface area contributed by atoms with Gasteiger partial charge in [-0.1, -0.05) is 20.8 Å². The van der Waals surface area contributed by atoms with E-state index in [9.17, 15) is 15.0 Å². The molecule has 8 heteroatoms. The fraction of sp³-hybridized carbons (Fsp3) is 0.973. The highest BCUT2D eigenvalue weighted by atomic mass is 16.7. The van der Waals surface area contributed by atoms with Gasteiger partial charge in [-0.3, -0.25) is 9.69 Å². The fourth-order valence-electron chi connectivity index (χ4n) is 13.5. The van der Waals surface area contributed by atoms with Crippen LogP contribution in [-0.2, 0) is 19.0 Å². The topological polar surface area (TPSA) is 100 Å². The zero-order valence-electron chi connectivity index (χ0n) is 28.6. The number of amides is 1. The van der Waals surface area contributed by atoms with Gasteiger partial charge in [0.05, 0.1) is 43.1 Å². The number of aliphatic hydroxyl groups is 2. The van der Waals surface area contributed by atoms with E-state index in [0.717, 1.165) is 57.5 Å². The largest absolute Gasteiger partial charge is 0.388 e. The van der Waals surface area contributed by atoms with Crippen LogP contribution in [0.3, 0.4) is 0 Å². The first kappa shape index (κ1) is 31.5. The van der Waals surface area contributed by atoms with E-state index in [1.165, 1.54) is 38.5 Å². The van der Waals surface area contributed by atoms with Crippen LogP contribution in [0.1, 0.15) is 112 Å². The van der Waals surface area contributed by atoms with Crippen LogP contribution in [-0.4, -0.2) is 89.6 Å². The molecule has 9 unspecified atom stereocenters. The molecule has 8 aliphatic rings. The minimum atomic E-state index is -1.14. The van der Waals surface area contributed by atoms with Crippen LogP contribution < -0.4 is 5.32 Å². The number of piperidine rings is 1. The van der Waals surface area contributed by atoms with E-state index in [1.807, 2.05) is 0 Å². The van der Waals surface area contributed by atoms with Crippen molar-refractivity contribution in [2.24, 2.45) is 45.3 Å². The molecular weight excluding hydrogens is 568 g/mol. The maximum Gasteiger partial charge on any atom is 0.237 e. The number of rotatable bonds is 5. The van der Waals surface area contributed by atoms with E-state index in [1.54, 1.807) is 13.8 Å². The molecule has 0 aromatic carbocycles. The third kappa shape index (κ3) is 4.61. The number of hydrogen-bond donors (Lipinski definition) is 3. The fourth-order valence-corrected chi connectivity index (χ4v) is 13.5. The van der Waals surface area contributed by atoms with Gasteiger partial charge in [0.25, 0.3) is 0 Å². The summed E-state index contributed by atoms with van der Waals surface area (Å²) in [4.78, 5) is 14.9. The summed E-state index contributed by atoms with van der Waals surface area (Å²) in [6.07, 6.45) is 13.2. The Morgan fingerprint density at radius 1 is 1.00 bits per heavy atom. The molecule has 5 aliphatic carbocycles. The third-order valence-electron chi connectivity index (χ3n) is 15.7. The SMILES string of the molecule is CC12CC[C@@]34CC35CC[C@H](OC3CN([C@H]6CCCNC6=O)CCO3)C(C)(C)C5CCC4C1CC1OC([C@H](O)C(C)(C)O)CCC12. The van der Waals surface area contributed by atoms with E-state index in [0.29, 0.717) is 47.2 Å². The van der Waals surface area contributed by atoms with Crippen molar-refractivity contribution in [2.75, 3.05) is 26.2 Å². The molecule has 0 aromatic heterocycles. The Hall–Kier alpha value is -0.770. The van der Waals surface area contributed by atoms with Crippen LogP contribution in [0.5, 0.6) is 0 Å². The Bertz CT molecular complexity index is 1170. The predicted molar refractivity (Wildman–Crippen MR) is 170 cm³/mol. The molecule has 0 aromatic rings.